The molecule has 1 saturated heterocycles. The number of nitrogens with zero attached hydrogens (tertiary/aromatic N) is 3. The van der Waals surface area contributed by atoms with Crippen LogP contribution in [0.5, 0.6) is 5.75 Å². The summed E-state index contributed by atoms with van der Waals surface area (Å²) in [5.41, 5.74) is -0.152. The van der Waals surface area contributed by atoms with Crippen molar-refractivity contribution >= 4 is 5.91 Å². The number of carbonyl (C=O) groups excluding carboxylic acids is 1. The molecule has 1 N–H and O–H groups in total. The summed E-state index contributed by atoms with van der Waals surface area (Å²) in [5.74, 6) is 1.17. The summed E-state index contributed by atoms with van der Waals surface area (Å²) in [4.78, 5) is 23.3. The lowest BCUT2D eigenvalue weighted by atomic mass is 9.85. The first-order valence-corrected chi connectivity index (χ1v) is 9.22. The number of amides is 1. The predicted octanol–water partition coefficient (Wildman–Crippen LogP) is 2.91. The van der Waals surface area contributed by atoms with Crippen LogP contribution in [-0.2, 0) is 11.0 Å². The number of carbonyl (C=O) groups is 1. The number of methoxy groups -OCH3 is 1. The van der Waals surface area contributed by atoms with Crippen molar-refractivity contribution in [1.29, 1.82) is 0 Å². The van der Waals surface area contributed by atoms with Crippen molar-refractivity contribution in [1.82, 2.24) is 14.9 Å². The molecule has 1 aromatic carbocycles. The van der Waals surface area contributed by atoms with Gasteiger partial charge in [0.1, 0.15) is 17.2 Å². The maximum absolute atomic E-state index is 12.9. The molecular weight excluding hydrogens is 342 g/mol. The quantitative estimate of drug-likeness (QED) is 0.900. The fourth-order valence-electron chi connectivity index (χ4n) is 3.47. The molecule has 0 spiro atoms. The fraction of sp³-hybridized carbons (Fsp3) is 0.476. The van der Waals surface area contributed by atoms with Crippen LogP contribution in [0.15, 0.2) is 36.7 Å². The van der Waals surface area contributed by atoms with E-state index in [4.69, 9.17) is 4.74 Å². The Labute approximate surface area is 160 Å². The van der Waals surface area contributed by atoms with Crippen molar-refractivity contribution in [2.45, 2.75) is 44.6 Å². The molecule has 0 unspecified atom stereocenters. The Morgan fingerprint density at radius 1 is 1.22 bits per heavy atom. The minimum absolute atomic E-state index is 0.163. The van der Waals surface area contributed by atoms with E-state index in [1.807, 2.05) is 45.0 Å². The lowest BCUT2D eigenvalue weighted by Gasteiger charge is -2.40. The van der Waals surface area contributed by atoms with Gasteiger partial charge in [-0.05, 0) is 18.9 Å². The molecule has 0 saturated carbocycles. The van der Waals surface area contributed by atoms with Crippen LogP contribution in [0.1, 0.15) is 55.4 Å². The van der Waals surface area contributed by atoms with E-state index in [0.717, 1.165) is 0 Å². The van der Waals surface area contributed by atoms with E-state index in [-0.39, 0.29) is 17.9 Å². The molecular formula is C21H27N3O3. The Morgan fingerprint density at radius 2 is 1.89 bits per heavy atom. The molecule has 1 aliphatic heterocycles. The number of piperidine rings is 1. The van der Waals surface area contributed by atoms with E-state index in [0.29, 0.717) is 42.1 Å². The van der Waals surface area contributed by atoms with Gasteiger partial charge in [-0.1, -0.05) is 39.0 Å². The Balaban J connectivity index is 1.82. The zero-order valence-corrected chi connectivity index (χ0v) is 16.4. The molecule has 0 aliphatic carbocycles. The van der Waals surface area contributed by atoms with Gasteiger partial charge in [0.25, 0.3) is 5.91 Å². The van der Waals surface area contributed by atoms with E-state index in [2.05, 4.69) is 9.97 Å². The first-order valence-electron chi connectivity index (χ1n) is 9.22. The monoisotopic (exact) mass is 369 g/mol. The molecule has 2 heterocycles. The molecule has 1 amide bonds. The molecule has 27 heavy (non-hydrogen) atoms. The van der Waals surface area contributed by atoms with Gasteiger partial charge in [0, 0.05) is 29.9 Å². The van der Waals surface area contributed by atoms with Crippen molar-refractivity contribution in [2.24, 2.45) is 0 Å². The average Bonchev–Trinajstić information content (AvgIpc) is 2.67. The second kappa shape index (κ2) is 7.27. The predicted molar refractivity (Wildman–Crippen MR) is 103 cm³/mol. The summed E-state index contributed by atoms with van der Waals surface area (Å²) in [6.45, 7) is 6.90. The largest absolute Gasteiger partial charge is 0.496 e. The molecule has 1 atom stereocenters. The van der Waals surface area contributed by atoms with Crippen molar-refractivity contribution in [3.8, 4) is 5.75 Å². The standard InChI is InChI=1S/C21H27N3O3/c1-20(2,3)19-22-12-15(13-23-19)18(25)24-11-7-10-21(26,14-24)16-8-5-6-9-17(16)27-4/h5-6,8-9,12-13,26H,7,10-11,14H2,1-4H3/t21-/m1/s1. The summed E-state index contributed by atoms with van der Waals surface area (Å²) in [6.07, 6.45) is 4.44. The Hall–Kier alpha value is -2.47. The van der Waals surface area contributed by atoms with Crippen molar-refractivity contribution in [3.63, 3.8) is 0 Å². The minimum Gasteiger partial charge on any atom is -0.496 e. The number of aromatic nitrogens is 2. The highest BCUT2D eigenvalue weighted by atomic mass is 16.5. The van der Waals surface area contributed by atoms with Crippen LogP contribution in [0, 0.1) is 0 Å². The highest BCUT2D eigenvalue weighted by Crippen LogP contribution is 2.37. The van der Waals surface area contributed by atoms with Gasteiger partial charge in [0.05, 0.1) is 19.2 Å². The molecule has 3 rings (SSSR count). The minimum atomic E-state index is -1.13. The number of benzene rings is 1. The van der Waals surface area contributed by atoms with Crippen LogP contribution < -0.4 is 4.74 Å². The zero-order valence-electron chi connectivity index (χ0n) is 16.4. The van der Waals surface area contributed by atoms with Crippen LogP contribution in [0.25, 0.3) is 0 Å². The van der Waals surface area contributed by atoms with E-state index < -0.39 is 5.60 Å². The number of β-amino-alcohol motifs (C(OH)–C–C–N with tert-alkyl or cyclic N) is 1. The van der Waals surface area contributed by atoms with Gasteiger partial charge in [-0.3, -0.25) is 4.79 Å². The third-order valence-corrected chi connectivity index (χ3v) is 4.94. The zero-order chi connectivity index (χ0) is 19.7. The van der Waals surface area contributed by atoms with Crippen LogP contribution in [0.4, 0.5) is 0 Å². The van der Waals surface area contributed by atoms with Crippen LogP contribution in [0.2, 0.25) is 0 Å². The highest BCUT2D eigenvalue weighted by Gasteiger charge is 2.39. The average molecular weight is 369 g/mol. The van der Waals surface area contributed by atoms with E-state index in [9.17, 15) is 9.90 Å². The molecule has 0 bridgehead atoms. The second-order valence-corrected chi connectivity index (χ2v) is 8.11. The Bertz CT molecular complexity index is 814. The van der Waals surface area contributed by atoms with Crippen molar-refractivity contribution in [3.05, 3.63) is 53.6 Å². The second-order valence-electron chi connectivity index (χ2n) is 8.11. The van der Waals surface area contributed by atoms with Gasteiger partial charge >= 0.3 is 0 Å². The molecule has 1 aliphatic rings. The van der Waals surface area contributed by atoms with Crippen LogP contribution >= 0.6 is 0 Å². The highest BCUT2D eigenvalue weighted by molar-refractivity contribution is 5.93. The smallest absolute Gasteiger partial charge is 0.257 e. The number of rotatable bonds is 3. The number of ether oxygens (including phenoxy) is 1. The summed E-state index contributed by atoms with van der Waals surface area (Å²) in [6, 6.07) is 7.42. The van der Waals surface area contributed by atoms with E-state index >= 15 is 0 Å². The molecule has 6 heteroatoms. The first-order chi connectivity index (χ1) is 12.7. The third-order valence-electron chi connectivity index (χ3n) is 4.94. The van der Waals surface area contributed by atoms with Gasteiger partial charge in [0.15, 0.2) is 0 Å². The molecule has 1 aromatic heterocycles. The Kier molecular flexibility index (Phi) is 5.20. The van der Waals surface area contributed by atoms with Gasteiger partial charge in [-0.2, -0.15) is 0 Å². The topological polar surface area (TPSA) is 75.6 Å². The van der Waals surface area contributed by atoms with E-state index in [1.54, 1.807) is 24.4 Å². The van der Waals surface area contributed by atoms with Gasteiger partial charge in [-0.25, -0.2) is 9.97 Å². The summed E-state index contributed by atoms with van der Waals surface area (Å²) in [5, 5.41) is 11.3. The molecule has 2 aromatic rings. The number of hydrogen-bond donors (Lipinski definition) is 1. The molecule has 1 fully saturated rings. The third kappa shape index (κ3) is 3.95. The van der Waals surface area contributed by atoms with Crippen LogP contribution in [-0.4, -0.2) is 46.1 Å². The molecule has 0 radical (unpaired) electrons. The first kappa shape index (κ1) is 19.3. The SMILES string of the molecule is COc1ccccc1[C@@]1(O)CCCN(C(=O)c2cnc(C(C)(C)C)nc2)C1. The van der Waals surface area contributed by atoms with Gasteiger partial charge in [-0.15, -0.1) is 0 Å². The summed E-state index contributed by atoms with van der Waals surface area (Å²) in [7, 11) is 1.59. The Morgan fingerprint density at radius 3 is 2.52 bits per heavy atom. The number of likely N-dealkylation sites (tertiary alicyclic amines) is 1. The summed E-state index contributed by atoms with van der Waals surface area (Å²) < 4.78 is 5.41. The van der Waals surface area contributed by atoms with Crippen LogP contribution in [0.3, 0.4) is 0 Å². The van der Waals surface area contributed by atoms with Gasteiger partial charge in [0.2, 0.25) is 0 Å². The maximum atomic E-state index is 12.9. The maximum Gasteiger partial charge on any atom is 0.257 e. The van der Waals surface area contributed by atoms with Crippen molar-refractivity contribution in [2.75, 3.05) is 20.2 Å². The van der Waals surface area contributed by atoms with Gasteiger partial charge < -0.3 is 14.7 Å². The van der Waals surface area contributed by atoms with Crippen molar-refractivity contribution < 1.29 is 14.6 Å². The number of aliphatic hydroxyl groups is 1. The number of para-hydroxylation sites is 1. The normalized spacial score (nSPS) is 20.4. The number of hydrogen-bond acceptors (Lipinski definition) is 5. The summed E-state index contributed by atoms with van der Waals surface area (Å²) >= 11 is 0. The fourth-order valence-corrected chi connectivity index (χ4v) is 3.47. The lowest BCUT2D eigenvalue weighted by Crippen LogP contribution is -2.48. The molecule has 6 nitrogen and oxygen atoms in total. The lowest BCUT2D eigenvalue weighted by molar-refractivity contribution is -0.0303. The van der Waals surface area contributed by atoms with E-state index in [1.165, 1.54) is 0 Å². The molecule has 144 valence electrons.